The van der Waals surface area contributed by atoms with Crippen molar-refractivity contribution in [2.24, 2.45) is 5.92 Å². The number of hydrogen-bond acceptors (Lipinski definition) is 6. The number of carbonyl (C=O) groups excluding carboxylic acids is 1. The van der Waals surface area contributed by atoms with Gasteiger partial charge in [-0.3, -0.25) is 4.79 Å². The fraction of sp³-hybridized carbons (Fsp3) is 0.471. The van der Waals surface area contributed by atoms with Crippen LogP contribution in [-0.4, -0.2) is 33.8 Å². The van der Waals surface area contributed by atoms with E-state index < -0.39 is 17.6 Å². The fourth-order valence-corrected chi connectivity index (χ4v) is 3.52. The first-order valence-corrected chi connectivity index (χ1v) is 7.56. The van der Waals surface area contributed by atoms with Crippen LogP contribution in [0.25, 0.3) is 0 Å². The number of aliphatic hydroxyl groups is 1. The van der Waals surface area contributed by atoms with E-state index in [4.69, 9.17) is 9.47 Å². The Hall–Kier alpha value is -2.21. The molecule has 1 aromatic rings. The number of ether oxygens (including phenoxy) is 2. The Labute approximate surface area is 134 Å². The largest absolute Gasteiger partial charge is 0.504 e. The van der Waals surface area contributed by atoms with E-state index in [1.165, 1.54) is 19.3 Å². The summed E-state index contributed by atoms with van der Waals surface area (Å²) < 4.78 is 11.2. The van der Waals surface area contributed by atoms with Crippen molar-refractivity contribution in [3.05, 3.63) is 29.0 Å². The number of ketones is 1. The molecule has 1 heterocycles. The Morgan fingerprint density at radius 3 is 2.74 bits per heavy atom. The normalized spacial score (nSPS) is 29.2. The van der Waals surface area contributed by atoms with Crippen molar-refractivity contribution in [2.45, 2.75) is 38.4 Å². The zero-order valence-corrected chi connectivity index (χ0v) is 13.3. The number of phenolic OH excluding ortho intramolecular Hbond substituents is 2. The maximum atomic E-state index is 12.5. The highest BCUT2D eigenvalue weighted by molar-refractivity contribution is 5.94. The summed E-state index contributed by atoms with van der Waals surface area (Å²) in [7, 11) is 1.41. The molecule has 3 N–H and O–H groups in total. The second-order valence-electron chi connectivity index (χ2n) is 6.15. The molecule has 23 heavy (non-hydrogen) atoms. The van der Waals surface area contributed by atoms with Crippen LogP contribution in [0.3, 0.4) is 0 Å². The lowest BCUT2D eigenvalue weighted by molar-refractivity contribution is -0.157. The van der Waals surface area contributed by atoms with E-state index in [0.717, 1.165) is 0 Å². The minimum absolute atomic E-state index is 0.151. The van der Waals surface area contributed by atoms with Gasteiger partial charge in [-0.1, -0.05) is 6.92 Å². The Morgan fingerprint density at radius 1 is 1.43 bits per heavy atom. The molecule has 0 spiro atoms. The van der Waals surface area contributed by atoms with E-state index in [0.29, 0.717) is 23.3 Å². The lowest BCUT2D eigenvalue weighted by Crippen LogP contribution is -2.52. The van der Waals surface area contributed by atoms with Crippen LogP contribution < -0.4 is 4.74 Å². The number of hydrogen-bond donors (Lipinski definition) is 3. The van der Waals surface area contributed by atoms with Gasteiger partial charge < -0.3 is 24.8 Å². The van der Waals surface area contributed by atoms with Crippen LogP contribution in [-0.2, 0) is 16.0 Å². The maximum absolute atomic E-state index is 12.5. The first-order valence-electron chi connectivity index (χ1n) is 7.56. The number of allylic oxidation sites excluding steroid dienone is 2. The van der Waals surface area contributed by atoms with Gasteiger partial charge in [-0.05, 0) is 13.3 Å². The molecule has 3 rings (SSSR count). The quantitative estimate of drug-likeness (QED) is 0.721. The van der Waals surface area contributed by atoms with E-state index in [9.17, 15) is 20.1 Å². The summed E-state index contributed by atoms with van der Waals surface area (Å²) in [4.78, 5) is 12.5. The molecular formula is C17H20O6. The van der Waals surface area contributed by atoms with Crippen molar-refractivity contribution < 1.29 is 29.6 Å². The van der Waals surface area contributed by atoms with Gasteiger partial charge in [-0.25, -0.2) is 0 Å². The first kappa shape index (κ1) is 15.7. The van der Waals surface area contributed by atoms with Crippen LogP contribution in [0.1, 0.15) is 37.5 Å². The number of rotatable bonds is 2. The number of aromatic hydroxyl groups is 2. The highest BCUT2D eigenvalue weighted by Crippen LogP contribution is 2.53. The second-order valence-corrected chi connectivity index (χ2v) is 6.15. The molecule has 1 aliphatic heterocycles. The predicted molar refractivity (Wildman–Crippen MR) is 81.3 cm³/mol. The number of aliphatic hydroxyl groups excluding tert-OH is 1. The van der Waals surface area contributed by atoms with Gasteiger partial charge in [0.25, 0.3) is 0 Å². The molecule has 1 aliphatic carbocycles. The van der Waals surface area contributed by atoms with Gasteiger partial charge in [0.1, 0.15) is 23.2 Å². The molecule has 0 bridgehead atoms. The Kier molecular flexibility index (Phi) is 3.52. The summed E-state index contributed by atoms with van der Waals surface area (Å²) in [6.07, 6.45) is 0.982. The molecule has 0 amide bonds. The molecule has 6 heteroatoms. The molecule has 2 aliphatic rings. The van der Waals surface area contributed by atoms with Crippen LogP contribution in [0.5, 0.6) is 17.2 Å². The van der Waals surface area contributed by atoms with Crippen molar-refractivity contribution in [2.75, 3.05) is 7.11 Å². The van der Waals surface area contributed by atoms with Gasteiger partial charge in [0.05, 0.1) is 13.0 Å². The number of phenols is 2. The van der Waals surface area contributed by atoms with Gasteiger partial charge in [0.2, 0.25) is 0 Å². The summed E-state index contributed by atoms with van der Waals surface area (Å²) in [5.41, 5.74) is -0.463. The number of fused-ring (bicyclic) bond motifs is 2. The molecule has 0 aromatic heterocycles. The number of benzene rings is 1. The van der Waals surface area contributed by atoms with Crippen molar-refractivity contribution in [1.82, 2.24) is 0 Å². The second kappa shape index (κ2) is 5.16. The number of carbonyl (C=O) groups is 1. The third kappa shape index (κ3) is 2.09. The Balaban J connectivity index is 2.20. The highest BCUT2D eigenvalue weighted by atomic mass is 16.5. The van der Waals surface area contributed by atoms with Gasteiger partial charge >= 0.3 is 0 Å². The van der Waals surface area contributed by atoms with E-state index >= 15 is 0 Å². The topological polar surface area (TPSA) is 96.2 Å². The number of methoxy groups -OCH3 is 1. The summed E-state index contributed by atoms with van der Waals surface area (Å²) in [5.74, 6) is -0.686. The molecule has 6 nitrogen and oxygen atoms in total. The van der Waals surface area contributed by atoms with E-state index in [2.05, 4.69) is 0 Å². The van der Waals surface area contributed by atoms with Crippen molar-refractivity contribution in [3.8, 4) is 17.2 Å². The van der Waals surface area contributed by atoms with Crippen molar-refractivity contribution in [3.63, 3.8) is 0 Å². The molecule has 1 aromatic carbocycles. The van der Waals surface area contributed by atoms with Crippen LogP contribution in [0.4, 0.5) is 0 Å². The minimum atomic E-state index is -1.17. The van der Waals surface area contributed by atoms with Crippen LogP contribution in [0.15, 0.2) is 17.9 Å². The summed E-state index contributed by atoms with van der Waals surface area (Å²) >= 11 is 0. The summed E-state index contributed by atoms with van der Waals surface area (Å²) in [6, 6.07) is 1.25. The van der Waals surface area contributed by atoms with E-state index in [1.807, 2.05) is 6.92 Å². The fourth-order valence-electron chi connectivity index (χ4n) is 3.52. The van der Waals surface area contributed by atoms with Crippen molar-refractivity contribution >= 4 is 5.78 Å². The lowest BCUT2D eigenvalue weighted by Gasteiger charge is -2.47. The summed E-state index contributed by atoms with van der Waals surface area (Å²) in [6.45, 7) is 3.56. The van der Waals surface area contributed by atoms with Crippen molar-refractivity contribution in [1.29, 1.82) is 0 Å². The van der Waals surface area contributed by atoms with Gasteiger partial charge in [-0.15, -0.1) is 0 Å². The van der Waals surface area contributed by atoms with Crippen LogP contribution in [0.2, 0.25) is 0 Å². The molecule has 0 saturated heterocycles. The SMILES string of the molecule is CCC1=CC(=O)[C@@H]2Cc3c(O)c(O)cc(OC)c3[C@@H](O)[C@@]2(C)O1. The molecule has 124 valence electrons. The van der Waals surface area contributed by atoms with Crippen LogP contribution >= 0.6 is 0 Å². The average Bonchev–Trinajstić information content (AvgIpc) is 2.52. The molecule has 0 radical (unpaired) electrons. The Bertz CT molecular complexity index is 708. The van der Waals surface area contributed by atoms with E-state index in [1.54, 1.807) is 6.92 Å². The predicted octanol–water partition coefficient (Wildman–Crippen LogP) is 1.96. The first-order chi connectivity index (χ1) is 10.8. The Morgan fingerprint density at radius 2 is 2.13 bits per heavy atom. The average molecular weight is 320 g/mol. The third-order valence-corrected chi connectivity index (χ3v) is 4.87. The van der Waals surface area contributed by atoms with Gasteiger partial charge in [0, 0.05) is 29.7 Å². The zero-order chi connectivity index (χ0) is 16.9. The maximum Gasteiger partial charge on any atom is 0.166 e. The van der Waals surface area contributed by atoms with Crippen LogP contribution in [0, 0.1) is 5.92 Å². The molecule has 0 saturated carbocycles. The minimum Gasteiger partial charge on any atom is -0.504 e. The van der Waals surface area contributed by atoms with Gasteiger partial charge in [0.15, 0.2) is 17.3 Å². The zero-order valence-electron chi connectivity index (χ0n) is 13.3. The van der Waals surface area contributed by atoms with E-state index in [-0.39, 0.29) is 29.5 Å². The highest BCUT2D eigenvalue weighted by Gasteiger charge is 2.54. The smallest absolute Gasteiger partial charge is 0.166 e. The standard InChI is InChI=1S/C17H20O6/c1-4-8-5-11(18)10-6-9-14(16(21)17(10,2)23-8)13(22-3)7-12(19)15(9)20/h5,7,10,16,19-21H,4,6H2,1-3H3/t10-,16+,17-/m0/s1. The molecule has 0 fully saturated rings. The lowest BCUT2D eigenvalue weighted by atomic mass is 9.68. The molecule has 0 unspecified atom stereocenters. The summed E-state index contributed by atoms with van der Waals surface area (Å²) in [5, 5.41) is 30.9. The van der Waals surface area contributed by atoms with Gasteiger partial charge in [-0.2, -0.15) is 0 Å². The molecule has 3 atom stereocenters. The monoisotopic (exact) mass is 320 g/mol. The third-order valence-electron chi connectivity index (χ3n) is 4.87. The molecular weight excluding hydrogens is 300 g/mol.